The minimum atomic E-state index is 0.142. The van der Waals surface area contributed by atoms with Gasteiger partial charge in [0, 0.05) is 18.7 Å². The lowest BCUT2D eigenvalue weighted by Crippen LogP contribution is -2.35. The average Bonchev–Trinajstić information content (AvgIpc) is 3.17. The molecule has 1 aromatic carbocycles. The summed E-state index contributed by atoms with van der Waals surface area (Å²) in [6.07, 6.45) is 4.54. The SMILES string of the molecule is Cc1cnc(CN2CCc3[nH]cnc3C2c2ccccc2)o1. The largest absolute Gasteiger partial charge is 0.445 e. The molecule has 1 aliphatic rings. The summed E-state index contributed by atoms with van der Waals surface area (Å²) in [5.74, 6) is 1.61. The summed E-state index contributed by atoms with van der Waals surface area (Å²) < 4.78 is 5.66. The standard InChI is InChI=1S/C17H18N4O/c1-12-9-18-15(22-12)10-21-8-7-14-16(20-11-19-14)17(21)13-5-3-2-4-6-13/h2-6,9,11,17H,7-8,10H2,1H3,(H,19,20). The summed E-state index contributed by atoms with van der Waals surface area (Å²) in [5.41, 5.74) is 3.59. The maximum Gasteiger partial charge on any atom is 0.208 e. The molecular weight excluding hydrogens is 276 g/mol. The molecule has 3 aromatic rings. The topological polar surface area (TPSA) is 58.0 Å². The molecule has 0 spiro atoms. The number of aromatic amines is 1. The Kier molecular flexibility index (Phi) is 3.27. The number of benzene rings is 1. The number of aromatic nitrogens is 3. The van der Waals surface area contributed by atoms with Gasteiger partial charge < -0.3 is 9.40 Å². The molecule has 1 unspecified atom stereocenters. The molecule has 5 nitrogen and oxygen atoms in total. The first kappa shape index (κ1) is 13.3. The Bertz CT molecular complexity index is 762. The Balaban J connectivity index is 1.71. The van der Waals surface area contributed by atoms with Crippen LogP contribution in [0.3, 0.4) is 0 Å². The Labute approximate surface area is 129 Å². The molecule has 22 heavy (non-hydrogen) atoms. The van der Waals surface area contributed by atoms with E-state index in [4.69, 9.17) is 4.42 Å². The molecule has 2 aromatic heterocycles. The molecule has 1 aliphatic heterocycles. The summed E-state index contributed by atoms with van der Waals surface area (Å²) in [6, 6.07) is 10.6. The molecule has 0 saturated heterocycles. The number of hydrogen-bond donors (Lipinski definition) is 1. The van der Waals surface area contributed by atoms with E-state index in [0.29, 0.717) is 6.54 Å². The van der Waals surface area contributed by atoms with Gasteiger partial charge in [-0.1, -0.05) is 30.3 Å². The minimum absolute atomic E-state index is 0.142. The van der Waals surface area contributed by atoms with Crippen LogP contribution >= 0.6 is 0 Å². The summed E-state index contributed by atoms with van der Waals surface area (Å²) >= 11 is 0. The van der Waals surface area contributed by atoms with Gasteiger partial charge in [0.2, 0.25) is 5.89 Å². The fourth-order valence-corrected chi connectivity index (χ4v) is 3.15. The van der Waals surface area contributed by atoms with Gasteiger partial charge in [-0.2, -0.15) is 0 Å². The van der Waals surface area contributed by atoms with E-state index in [1.807, 2.05) is 13.0 Å². The lowest BCUT2D eigenvalue weighted by molar-refractivity contribution is 0.181. The molecule has 112 valence electrons. The van der Waals surface area contributed by atoms with Gasteiger partial charge in [-0.05, 0) is 12.5 Å². The molecule has 1 atom stereocenters. The minimum Gasteiger partial charge on any atom is -0.445 e. The van der Waals surface area contributed by atoms with Gasteiger partial charge >= 0.3 is 0 Å². The lowest BCUT2D eigenvalue weighted by atomic mass is 9.96. The van der Waals surface area contributed by atoms with Crippen LogP contribution in [-0.4, -0.2) is 26.4 Å². The van der Waals surface area contributed by atoms with Crippen molar-refractivity contribution in [3.8, 4) is 0 Å². The first-order valence-electron chi connectivity index (χ1n) is 7.54. The van der Waals surface area contributed by atoms with Crippen LogP contribution in [0.15, 0.2) is 47.3 Å². The summed E-state index contributed by atoms with van der Waals surface area (Å²) in [7, 11) is 0. The van der Waals surface area contributed by atoms with E-state index in [1.54, 1.807) is 12.5 Å². The number of H-pyrrole nitrogens is 1. The van der Waals surface area contributed by atoms with Crippen molar-refractivity contribution in [1.82, 2.24) is 19.9 Å². The van der Waals surface area contributed by atoms with Crippen LogP contribution in [0.1, 0.15) is 34.6 Å². The van der Waals surface area contributed by atoms with E-state index < -0.39 is 0 Å². The fourth-order valence-electron chi connectivity index (χ4n) is 3.15. The molecule has 0 saturated carbocycles. The van der Waals surface area contributed by atoms with Crippen molar-refractivity contribution in [2.24, 2.45) is 0 Å². The van der Waals surface area contributed by atoms with Crippen molar-refractivity contribution in [2.45, 2.75) is 25.9 Å². The van der Waals surface area contributed by atoms with Crippen LogP contribution in [0, 0.1) is 6.92 Å². The predicted octanol–water partition coefficient (Wildman–Crippen LogP) is 2.85. The number of aryl methyl sites for hydroxylation is 1. The van der Waals surface area contributed by atoms with Gasteiger partial charge in [-0.25, -0.2) is 9.97 Å². The summed E-state index contributed by atoms with van der Waals surface area (Å²) in [4.78, 5) is 14.6. The van der Waals surface area contributed by atoms with Crippen molar-refractivity contribution in [3.63, 3.8) is 0 Å². The van der Waals surface area contributed by atoms with Crippen LogP contribution in [-0.2, 0) is 13.0 Å². The third-order valence-electron chi connectivity index (χ3n) is 4.15. The summed E-state index contributed by atoms with van der Waals surface area (Å²) in [5, 5.41) is 0. The molecule has 0 bridgehead atoms. The molecule has 4 rings (SSSR count). The number of nitrogens with zero attached hydrogens (tertiary/aromatic N) is 3. The highest BCUT2D eigenvalue weighted by atomic mass is 16.4. The van der Waals surface area contributed by atoms with Crippen LogP contribution in [0.2, 0.25) is 0 Å². The van der Waals surface area contributed by atoms with Gasteiger partial charge in [0.25, 0.3) is 0 Å². The van der Waals surface area contributed by atoms with Gasteiger partial charge in [0.1, 0.15) is 5.76 Å². The van der Waals surface area contributed by atoms with Gasteiger partial charge in [-0.3, -0.25) is 4.90 Å². The van der Waals surface area contributed by atoms with E-state index in [2.05, 4.69) is 44.1 Å². The number of imidazole rings is 1. The first-order valence-corrected chi connectivity index (χ1v) is 7.54. The van der Waals surface area contributed by atoms with Gasteiger partial charge in [0.05, 0.1) is 30.8 Å². The second kappa shape index (κ2) is 5.42. The molecule has 0 amide bonds. The van der Waals surface area contributed by atoms with E-state index in [-0.39, 0.29) is 6.04 Å². The zero-order valence-electron chi connectivity index (χ0n) is 12.5. The number of hydrogen-bond acceptors (Lipinski definition) is 4. The Hall–Kier alpha value is -2.40. The Morgan fingerprint density at radius 2 is 2.14 bits per heavy atom. The lowest BCUT2D eigenvalue weighted by Gasteiger charge is -2.34. The predicted molar refractivity (Wildman–Crippen MR) is 82.2 cm³/mol. The van der Waals surface area contributed by atoms with Crippen molar-refractivity contribution in [2.75, 3.05) is 6.54 Å². The maximum atomic E-state index is 5.66. The van der Waals surface area contributed by atoms with Gasteiger partial charge in [-0.15, -0.1) is 0 Å². The third-order valence-corrected chi connectivity index (χ3v) is 4.15. The third kappa shape index (κ3) is 2.33. The van der Waals surface area contributed by atoms with Crippen molar-refractivity contribution in [1.29, 1.82) is 0 Å². The second-order valence-corrected chi connectivity index (χ2v) is 5.66. The first-order chi connectivity index (χ1) is 10.8. The second-order valence-electron chi connectivity index (χ2n) is 5.66. The number of rotatable bonds is 3. The number of fused-ring (bicyclic) bond motifs is 1. The molecule has 0 aliphatic carbocycles. The number of nitrogens with one attached hydrogen (secondary N) is 1. The van der Waals surface area contributed by atoms with Crippen LogP contribution < -0.4 is 0 Å². The smallest absolute Gasteiger partial charge is 0.208 e. The Morgan fingerprint density at radius 1 is 1.27 bits per heavy atom. The van der Waals surface area contributed by atoms with E-state index >= 15 is 0 Å². The van der Waals surface area contributed by atoms with Crippen molar-refractivity contribution >= 4 is 0 Å². The monoisotopic (exact) mass is 294 g/mol. The quantitative estimate of drug-likeness (QED) is 0.807. The highest BCUT2D eigenvalue weighted by Crippen LogP contribution is 2.34. The molecule has 3 heterocycles. The maximum absolute atomic E-state index is 5.66. The van der Waals surface area contributed by atoms with Crippen molar-refractivity contribution in [3.05, 3.63) is 71.5 Å². The average molecular weight is 294 g/mol. The highest BCUT2D eigenvalue weighted by molar-refractivity contribution is 5.32. The molecule has 5 heteroatoms. The Morgan fingerprint density at radius 3 is 2.91 bits per heavy atom. The van der Waals surface area contributed by atoms with Crippen LogP contribution in [0.5, 0.6) is 0 Å². The molecule has 1 N–H and O–H groups in total. The zero-order valence-corrected chi connectivity index (χ0v) is 12.5. The van der Waals surface area contributed by atoms with Crippen molar-refractivity contribution < 1.29 is 4.42 Å². The van der Waals surface area contributed by atoms with Crippen LogP contribution in [0.25, 0.3) is 0 Å². The highest BCUT2D eigenvalue weighted by Gasteiger charge is 2.31. The molecule has 0 fully saturated rings. The summed E-state index contributed by atoms with van der Waals surface area (Å²) in [6.45, 7) is 3.57. The van der Waals surface area contributed by atoms with E-state index in [1.165, 1.54) is 11.3 Å². The van der Waals surface area contributed by atoms with E-state index in [9.17, 15) is 0 Å². The fraction of sp³-hybridized carbons (Fsp3) is 0.294. The zero-order chi connectivity index (χ0) is 14.9. The molecule has 0 radical (unpaired) electrons. The normalized spacial score (nSPS) is 18.3. The van der Waals surface area contributed by atoms with Crippen LogP contribution in [0.4, 0.5) is 0 Å². The molecular formula is C17H18N4O. The van der Waals surface area contributed by atoms with Gasteiger partial charge in [0.15, 0.2) is 0 Å². The number of oxazole rings is 1. The van der Waals surface area contributed by atoms with E-state index in [0.717, 1.165) is 30.3 Å².